The Morgan fingerprint density at radius 1 is 1.29 bits per heavy atom. The first kappa shape index (κ1) is 15.3. The highest BCUT2D eigenvalue weighted by atomic mass is 32.2. The Labute approximate surface area is 144 Å². The van der Waals surface area contributed by atoms with E-state index in [1.165, 1.54) is 0 Å². The van der Waals surface area contributed by atoms with Crippen molar-refractivity contribution in [2.24, 2.45) is 13.0 Å². The van der Waals surface area contributed by atoms with Gasteiger partial charge in [-0.1, -0.05) is 18.2 Å². The smallest absolute Gasteiger partial charge is 0.230 e. The molecule has 2 aliphatic rings. The largest absolute Gasteiger partial charge is 0.312 e. The van der Waals surface area contributed by atoms with Crippen LogP contribution in [0.4, 0.5) is 11.5 Å². The van der Waals surface area contributed by atoms with Crippen LogP contribution < -0.4 is 10.2 Å². The lowest BCUT2D eigenvalue weighted by Crippen LogP contribution is -2.28. The predicted octanol–water partition coefficient (Wildman–Crippen LogP) is 2.16. The van der Waals surface area contributed by atoms with Crippen molar-refractivity contribution in [3.05, 3.63) is 41.6 Å². The second kappa shape index (κ2) is 5.98. The maximum absolute atomic E-state index is 12.6. The molecule has 1 aromatic heterocycles. The Kier molecular flexibility index (Phi) is 3.80. The van der Waals surface area contributed by atoms with Gasteiger partial charge in [0, 0.05) is 42.8 Å². The zero-order valence-corrected chi connectivity index (χ0v) is 14.2. The molecule has 2 aromatic rings. The van der Waals surface area contributed by atoms with Gasteiger partial charge in [0.25, 0.3) is 0 Å². The number of carbonyl (C=O) groups is 2. The van der Waals surface area contributed by atoms with Crippen molar-refractivity contribution in [1.29, 1.82) is 0 Å². The molecular formula is C17H18N4O2S. The minimum absolute atomic E-state index is 0.00728. The Morgan fingerprint density at radius 2 is 2.08 bits per heavy atom. The highest BCUT2D eigenvalue weighted by Crippen LogP contribution is 2.34. The molecular weight excluding hydrogens is 324 g/mol. The maximum Gasteiger partial charge on any atom is 0.230 e. The Morgan fingerprint density at radius 3 is 2.88 bits per heavy atom. The molecule has 124 valence electrons. The number of fused-ring (bicyclic) bond motifs is 1. The summed E-state index contributed by atoms with van der Waals surface area (Å²) in [5, 5.41) is 7.45. The van der Waals surface area contributed by atoms with Crippen molar-refractivity contribution in [3.8, 4) is 0 Å². The monoisotopic (exact) mass is 342 g/mol. The van der Waals surface area contributed by atoms with Gasteiger partial charge in [-0.05, 0) is 12.1 Å². The number of thioether (sulfide) groups is 1. The van der Waals surface area contributed by atoms with E-state index in [9.17, 15) is 9.59 Å². The zero-order valence-electron chi connectivity index (χ0n) is 13.4. The lowest BCUT2D eigenvalue weighted by molar-refractivity contribution is -0.122. The molecule has 1 N–H and O–H groups in total. The number of hydrogen-bond acceptors (Lipinski definition) is 4. The molecule has 6 nitrogen and oxygen atoms in total. The molecule has 2 aliphatic heterocycles. The molecule has 2 amide bonds. The van der Waals surface area contributed by atoms with E-state index in [-0.39, 0.29) is 24.2 Å². The van der Waals surface area contributed by atoms with Crippen LogP contribution in [0.5, 0.6) is 0 Å². The summed E-state index contributed by atoms with van der Waals surface area (Å²) in [6, 6.07) is 9.49. The molecule has 0 saturated carbocycles. The third-order valence-corrected chi connectivity index (χ3v) is 5.49. The number of aromatic nitrogens is 2. The molecule has 7 heteroatoms. The summed E-state index contributed by atoms with van der Waals surface area (Å²) < 4.78 is 1.73. The van der Waals surface area contributed by atoms with Crippen LogP contribution in [-0.4, -0.2) is 28.1 Å². The quantitative estimate of drug-likeness (QED) is 0.928. The third kappa shape index (κ3) is 2.58. The number of para-hydroxylation sites is 1. The number of nitrogens with zero attached hydrogens (tertiary/aromatic N) is 3. The summed E-state index contributed by atoms with van der Waals surface area (Å²) in [5.41, 5.74) is 3.00. The molecule has 1 atom stereocenters. The van der Waals surface area contributed by atoms with E-state index in [2.05, 4.69) is 10.4 Å². The molecule has 24 heavy (non-hydrogen) atoms. The first-order valence-corrected chi connectivity index (χ1v) is 9.07. The Balaban J connectivity index is 1.49. The molecule has 0 radical (unpaired) electrons. The maximum atomic E-state index is 12.6. The highest BCUT2D eigenvalue weighted by molar-refractivity contribution is 7.98. The van der Waals surface area contributed by atoms with Crippen LogP contribution in [-0.2, 0) is 28.1 Å². The number of rotatable bonds is 3. The molecule has 3 heterocycles. The van der Waals surface area contributed by atoms with Gasteiger partial charge < -0.3 is 10.2 Å². The lowest BCUT2D eigenvalue weighted by Gasteiger charge is -2.16. The van der Waals surface area contributed by atoms with Gasteiger partial charge >= 0.3 is 0 Å². The van der Waals surface area contributed by atoms with Crippen LogP contribution in [0.15, 0.2) is 30.3 Å². The molecule has 1 fully saturated rings. The summed E-state index contributed by atoms with van der Waals surface area (Å²) in [7, 11) is 1.84. The van der Waals surface area contributed by atoms with Crippen LogP contribution in [0.2, 0.25) is 0 Å². The molecule has 1 saturated heterocycles. The summed E-state index contributed by atoms with van der Waals surface area (Å²) in [6.07, 6.45) is 0.246. The SMILES string of the molecule is Cn1nc2c(c1NC(=O)C1CC(=O)N(c3ccccc3)C1)CSC2. The standard InChI is InChI=1S/C17H18N4O2S/c1-20-16(13-9-24-10-14(13)19-20)18-17(23)11-7-15(22)21(8-11)12-5-3-2-4-6-12/h2-6,11H,7-10H2,1H3,(H,18,23). The summed E-state index contributed by atoms with van der Waals surface area (Å²) in [6.45, 7) is 0.420. The number of amides is 2. The Hall–Kier alpha value is -2.28. The van der Waals surface area contributed by atoms with Gasteiger partial charge in [-0.2, -0.15) is 16.9 Å². The zero-order chi connectivity index (χ0) is 16.7. The molecule has 0 bridgehead atoms. The van der Waals surface area contributed by atoms with Crippen LogP contribution in [0.25, 0.3) is 0 Å². The van der Waals surface area contributed by atoms with Gasteiger partial charge in [0.1, 0.15) is 5.82 Å². The van der Waals surface area contributed by atoms with E-state index in [1.54, 1.807) is 21.3 Å². The van der Waals surface area contributed by atoms with Crippen molar-refractivity contribution in [3.63, 3.8) is 0 Å². The van der Waals surface area contributed by atoms with E-state index in [1.807, 2.05) is 37.4 Å². The van der Waals surface area contributed by atoms with E-state index in [4.69, 9.17) is 0 Å². The Bertz CT molecular complexity index is 802. The van der Waals surface area contributed by atoms with Crippen molar-refractivity contribution in [2.45, 2.75) is 17.9 Å². The van der Waals surface area contributed by atoms with Crippen molar-refractivity contribution >= 4 is 35.1 Å². The molecule has 1 unspecified atom stereocenters. The van der Waals surface area contributed by atoms with Crippen LogP contribution in [0.1, 0.15) is 17.7 Å². The number of nitrogens with one attached hydrogen (secondary N) is 1. The predicted molar refractivity (Wildman–Crippen MR) is 93.7 cm³/mol. The summed E-state index contributed by atoms with van der Waals surface area (Å²) in [5.74, 6) is 2.08. The number of hydrogen-bond donors (Lipinski definition) is 1. The third-order valence-electron chi connectivity index (χ3n) is 4.52. The first-order valence-electron chi connectivity index (χ1n) is 7.92. The van der Waals surface area contributed by atoms with E-state index in [0.29, 0.717) is 6.54 Å². The normalized spacial score (nSPS) is 19.6. The fourth-order valence-corrected chi connectivity index (χ4v) is 4.29. The van der Waals surface area contributed by atoms with Crippen molar-refractivity contribution in [1.82, 2.24) is 9.78 Å². The molecule has 0 aliphatic carbocycles. The number of anilines is 2. The van der Waals surface area contributed by atoms with Crippen LogP contribution >= 0.6 is 11.8 Å². The molecule has 4 rings (SSSR count). The minimum Gasteiger partial charge on any atom is -0.312 e. The number of carbonyl (C=O) groups excluding carboxylic acids is 2. The highest BCUT2D eigenvalue weighted by Gasteiger charge is 2.36. The average Bonchev–Trinajstić information content (AvgIpc) is 3.25. The second-order valence-electron chi connectivity index (χ2n) is 6.12. The number of aryl methyl sites for hydroxylation is 1. The summed E-state index contributed by atoms with van der Waals surface area (Å²) in [4.78, 5) is 26.6. The molecule has 1 aromatic carbocycles. The summed E-state index contributed by atoms with van der Waals surface area (Å²) >= 11 is 1.80. The fourth-order valence-electron chi connectivity index (χ4n) is 3.26. The lowest BCUT2D eigenvalue weighted by atomic mass is 10.1. The van der Waals surface area contributed by atoms with Gasteiger partial charge in [-0.25, -0.2) is 0 Å². The van der Waals surface area contributed by atoms with Gasteiger partial charge in [0.05, 0.1) is 11.6 Å². The van der Waals surface area contributed by atoms with Gasteiger partial charge in [-0.3, -0.25) is 14.3 Å². The molecule has 0 spiro atoms. The topological polar surface area (TPSA) is 67.2 Å². The fraction of sp³-hybridized carbons (Fsp3) is 0.353. The van der Waals surface area contributed by atoms with Crippen LogP contribution in [0.3, 0.4) is 0 Å². The van der Waals surface area contributed by atoms with Gasteiger partial charge in [0.2, 0.25) is 11.8 Å². The second-order valence-corrected chi connectivity index (χ2v) is 7.11. The first-order chi connectivity index (χ1) is 11.6. The van der Waals surface area contributed by atoms with Crippen molar-refractivity contribution in [2.75, 3.05) is 16.8 Å². The average molecular weight is 342 g/mol. The minimum atomic E-state index is -0.336. The number of benzene rings is 1. The van der Waals surface area contributed by atoms with Crippen molar-refractivity contribution < 1.29 is 9.59 Å². The van der Waals surface area contributed by atoms with Gasteiger partial charge in [-0.15, -0.1) is 0 Å². The van der Waals surface area contributed by atoms with Gasteiger partial charge in [0.15, 0.2) is 0 Å². The van der Waals surface area contributed by atoms with E-state index >= 15 is 0 Å². The van der Waals surface area contributed by atoms with E-state index < -0.39 is 0 Å². The van der Waals surface area contributed by atoms with Crippen LogP contribution in [0, 0.1) is 5.92 Å². The van der Waals surface area contributed by atoms with E-state index in [0.717, 1.165) is 34.3 Å².